The van der Waals surface area contributed by atoms with Gasteiger partial charge in [-0.2, -0.15) is 13.7 Å². The predicted octanol–water partition coefficient (Wildman–Crippen LogP) is 4.51. The summed E-state index contributed by atoms with van der Waals surface area (Å²) in [5.41, 5.74) is 0.294. The molecule has 3 aromatic rings. The molecule has 1 N–H and O–H groups in total. The van der Waals surface area contributed by atoms with E-state index in [1.165, 1.54) is 36.4 Å². The first-order chi connectivity index (χ1) is 15.7. The maximum Gasteiger partial charge on any atom is 0.339 e. The molecule has 0 fully saturated rings. The van der Waals surface area contributed by atoms with Crippen molar-refractivity contribution in [3.05, 3.63) is 97.6 Å². The maximum absolute atomic E-state index is 12.5. The Hall–Kier alpha value is -3.76. The fraction of sp³-hybridized carbons (Fsp3) is 0. The number of non-ortho nitro benzene ring substituents is 1. The summed E-state index contributed by atoms with van der Waals surface area (Å²) in [5, 5.41) is 23.0. The lowest BCUT2D eigenvalue weighted by Gasteiger charge is -2.08. The van der Waals surface area contributed by atoms with Crippen molar-refractivity contribution in [3.8, 4) is 11.8 Å². The van der Waals surface area contributed by atoms with Crippen molar-refractivity contribution in [3.63, 3.8) is 0 Å². The number of para-hydroxylation sites is 1. The second-order valence-electron chi connectivity index (χ2n) is 6.47. The van der Waals surface area contributed by atoms with Gasteiger partial charge in [0.25, 0.3) is 11.6 Å². The van der Waals surface area contributed by atoms with E-state index in [0.717, 1.165) is 15.7 Å². The van der Waals surface area contributed by atoms with E-state index in [1.54, 1.807) is 24.3 Å². The van der Waals surface area contributed by atoms with Gasteiger partial charge in [0.1, 0.15) is 22.3 Å². The number of nitro groups is 1. The number of halogens is 1. The van der Waals surface area contributed by atoms with Crippen LogP contribution in [0.3, 0.4) is 0 Å². The molecule has 1 amide bonds. The Balaban J connectivity index is 1.83. The van der Waals surface area contributed by atoms with Crippen LogP contribution < -0.4 is 9.50 Å². The molecular weight excluding hydrogens is 561 g/mol. The smallest absolute Gasteiger partial charge is 0.339 e. The van der Waals surface area contributed by atoms with Gasteiger partial charge in [0, 0.05) is 15.7 Å². The summed E-state index contributed by atoms with van der Waals surface area (Å²) < 4.78 is 30.9. The molecule has 0 aliphatic heterocycles. The monoisotopic (exact) mass is 575 g/mol. The van der Waals surface area contributed by atoms with Gasteiger partial charge in [0.2, 0.25) is 0 Å². The van der Waals surface area contributed by atoms with E-state index in [4.69, 9.17) is 4.18 Å². The van der Waals surface area contributed by atoms with Gasteiger partial charge in [-0.1, -0.05) is 30.3 Å². The zero-order valence-electron chi connectivity index (χ0n) is 16.6. The normalized spacial score (nSPS) is 11.3. The minimum absolute atomic E-state index is 0.0921. The van der Waals surface area contributed by atoms with Crippen molar-refractivity contribution in [2.24, 2.45) is 0 Å². The molecule has 3 aromatic carbocycles. The highest BCUT2D eigenvalue weighted by molar-refractivity contribution is 14.1. The molecule has 0 saturated heterocycles. The lowest BCUT2D eigenvalue weighted by Crippen LogP contribution is -2.14. The summed E-state index contributed by atoms with van der Waals surface area (Å²) in [6.07, 6.45) is 1.29. The number of rotatable bonds is 7. The Morgan fingerprint density at radius 3 is 2.52 bits per heavy atom. The largest absolute Gasteiger partial charge is 0.379 e. The number of nitriles is 1. The number of hydrogen-bond donors (Lipinski definition) is 1. The zero-order valence-corrected chi connectivity index (χ0v) is 19.6. The fourth-order valence-electron chi connectivity index (χ4n) is 2.65. The second-order valence-corrected chi connectivity index (χ2v) is 9.18. The predicted molar refractivity (Wildman–Crippen MR) is 129 cm³/mol. The van der Waals surface area contributed by atoms with Crippen LogP contribution in [-0.2, 0) is 14.9 Å². The van der Waals surface area contributed by atoms with Gasteiger partial charge in [0.05, 0.1) is 10.6 Å². The molecule has 0 spiro atoms. The number of amides is 1. The first kappa shape index (κ1) is 23.9. The van der Waals surface area contributed by atoms with Gasteiger partial charge >= 0.3 is 10.1 Å². The third-order valence-corrected chi connectivity index (χ3v) is 6.36. The summed E-state index contributed by atoms with van der Waals surface area (Å²) in [6, 6.07) is 19.1. The van der Waals surface area contributed by atoms with Crippen LogP contribution in [0, 0.1) is 25.0 Å². The van der Waals surface area contributed by atoms with Crippen LogP contribution in [0.15, 0.2) is 83.3 Å². The minimum atomic E-state index is -4.35. The van der Waals surface area contributed by atoms with Crippen LogP contribution in [0.5, 0.6) is 5.75 Å². The van der Waals surface area contributed by atoms with E-state index in [0.29, 0.717) is 11.3 Å². The lowest BCUT2D eigenvalue weighted by atomic mass is 10.1. The molecule has 0 radical (unpaired) electrons. The number of hydrogen-bond acceptors (Lipinski definition) is 7. The van der Waals surface area contributed by atoms with E-state index >= 15 is 0 Å². The molecule has 33 heavy (non-hydrogen) atoms. The van der Waals surface area contributed by atoms with Crippen LogP contribution >= 0.6 is 22.6 Å². The zero-order chi connectivity index (χ0) is 24.0. The van der Waals surface area contributed by atoms with Crippen molar-refractivity contribution in [2.45, 2.75) is 4.90 Å². The van der Waals surface area contributed by atoms with Gasteiger partial charge in [-0.05, 0) is 64.6 Å². The molecule has 11 heteroatoms. The number of nitro benzene ring substituents is 1. The van der Waals surface area contributed by atoms with Crippen LogP contribution in [-0.4, -0.2) is 19.2 Å². The number of benzene rings is 3. The number of anilines is 1. The van der Waals surface area contributed by atoms with Crippen molar-refractivity contribution < 1.29 is 22.3 Å². The molecule has 0 heterocycles. The van der Waals surface area contributed by atoms with E-state index in [1.807, 2.05) is 12.1 Å². The molecule has 0 saturated carbocycles. The SMILES string of the molecule is N#C/C(=C/c1cccc(OS(=O)(=O)c2cccc([N+](=O)[O-])c2)c1)C(=O)Nc1ccccc1I. The molecule has 0 unspecified atom stereocenters. The third kappa shape index (κ3) is 6.15. The van der Waals surface area contributed by atoms with E-state index in [-0.39, 0.29) is 16.2 Å². The van der Waals surface area contributed by atoms with Gasteiger partial charge in [-0.15, -0.1) is 0 Å². The molecule has 0 atom stereocenters. The molecular formula is C22H14IN3O6S. The van der Waals surface area contributed by atoms with Gasteiger partial charge in [-0.25, -0.2) is 0 Å². The van der Waals surface area contributed by atoms with Gasteiger partial charge in [0.15, 0.2) is 0 Å². The molecule has 0 bridgehead atoms. The quantitative estimate of drug-likeness (QED) is 0.109. The van der Waals surface area contributed by atoms with Crippen molar-refractivity contribution in [1.29, 1.82) is 5.26 Å². The van der Waals surface area contributed by atoms with Gasteiger partial charge in [-0.3, -0.25) is 14.9 Å². The topological polar surface area (TPSA) is 139 Å². The third-order valence-electron chi connectivity index (χ3n) is 4.18. The van der Waals surface area contributed by atoms with Gasteiger partial charge < -0.3 is 9.50 Å². The van der Waals surface area contributed by atoms with Crippen molar-refractivity contribution in [2.75, 3.05) is 5.32 Å². The molecule has 0 aliphatic rings. The average Bonchev–Trinajstić information content (AvgIpc) is 2.79. The lowest BCUT2D eigenvalue weighted by molar-refractivity contribution is -0.385. The number of carbonyl (C=O) groups is 1. The summed E-state index contributed by atoms with van der Waals surface area (Å²) in [5.74, 6) is -0.720. The molecule has 0 aliphatic carbocycles. The van der Waals surface area contributed by atoms with Crippen LogP contribution in [0.2, 0.25) is 0 Å². The molecule has 3 rings (SSSR count). The first-order valence-electron chi connectivity index (χ1n) is 9.16. The molecule has 9 nitrogen and oxygen atoms in total. The summed E-state index contributed by atoms with van der Waals surface area (Å²) in [6.45, 7) is 0. The van der Waals surface area contributed by atoms with E-state index < -0.39 is 26.6 Å². The number of nitrogens with one attached hydrogen (secondary N) is 1. The maximum atomic E-state index is 12.5. The standard InChI is InChI=1S/C22H14IN3O6S/c23-20-9-1-2-10-21(20)25-22(27)16(14-24)11-15-5-3-7-18(12-15)32-33(30,31)19-8-4-6-17(13-19)26(28)29/h1-13H,(H,25,27)/b16-11-. The minimum Gasteiger partial charge on any atom is -0.379 e. The first-order valence-corrected chi connectivity index (χ1v) is 11.6. The second kappa shape index (κ2) is 10.2. The summed E-state index contributed by atoms with van der Waals surface area (Å²) in [4.78, 5) is 22.3. The van der Waals surface area contributed by atoms with Crippen molar-refractivity contribution in [1.82, 2.24) is 0 Å². The molecule has 0 aromatic heterocycles. The molecule has 166 valence electrons. The van der Waals surface area contributed by atoms with Crippen LogP contribution in [0.4, 0.5) is 11.4 Å². The highest BCUT2D eigenvalue weighted by Crippen LogP contribution is 2.24. The highest BCUT2D eigenvalue weighted by atomic mass is 127. The highest BCUT2D eigenvalue weighted by Gasteiger charge is 2.20. The Morgan fingerprint density at radius 1 is 1.09 bits per heavy atom. The van der Waals surface area contributed by atoms with E-state index in [9.17, 15) is 28.6 Å². The Labute approximate surface area is 202 Å². The van der Waals surface area contributed by atoms with Crippen LogP contribution in [0.25, 0.3) is 6.08 Å². The average molecular weight is 575 g/mol. The fourth-order valence-corrected chi connectivity index (χ4v) is 4.14. The Kier molecular flexibility index (Phi) is 7.41. The van der Waals surface area contributed by atoms with Crippen LogP contribution in [0.1, 0.15) is 5.56 Å². The number of nitrogens with zero attached hydrogens (tertiary/aromatic N) is 2. The Morgan fingerprint density at radius 2 is 1.82 bits per heavy atom. The van der Waals surface area contributed by atoms with E-state index in [2.05, 4.69) is 27.9 Å². The number of carbonyl (C=O) groups excluding carboxylic acids is 1. The Bertz CT molecular complexity index is 1410. The van der Waals surface area contributed by atoms with Crippen molar-refractivity contribution >= 4 is 56.1 Å². The summed E-state index contributed by atoms with van der Waals surface area (Å²) >= 11 is 2.05. The summed E-state index contributed by atoms with van der Waals surface area (Å²) in [7, 11) is -4.35.